The van der Waals surface area contributed by atoms with Gasteiger partial charge in [-0.25, -0.2) is 0 Å². The maximum absolute atomic E-state index is 11.0. The van der Waals surface area contributed by atoms with E-state index < -0.39 is 15.3 Å². The zero-order chi connectivity index (χ0) is 9.19. The second-order valence-corrected chi connectivity index (χ2v) is 4.86. The monoisotopic (exact) mass is 212 g/mol. The highest BCUT2D eigenvalue weighted by Gasteiger charge is 2.27. The molecular weight excluding hydrogens is 204 g/mol. The van der Waals surface area contributed by atoms with Gasteiger partial charge in [-0.1, -0.05) is 12.8 Å². The molecule has 0 spiro atoms. The molecule has 0 unspecified atom stereocenters. The molecule has 0 atom stereocenters. The van der Waals surface area contributed by atoms with E-state index in [2.05, 4.69) is 4.18 Å². The second kappa shape index (κ2) is 3.62. The average Bonchev–Trinajstić information content (AvgIpc) is 2.32. The van der Waals surface area contributed by atoms with Crippen molar-refractivity contribution < 1.29 is 17.4 Å². The van der Waals surface area contributed by atoms with Gasteiger partial charge in [-0.05, 0) is 12.8 Å². The fraction of sp³-hybridized carbons (Fsp3) is 0.833. The Morgan fingerprint density at radius 2 is 1.83 bits per heavy atom. The predicted octanol–water partition coefficient (Wildman–Crippen LogP) is 1.20. The summed E-state index contributed by atoms with van der Waals surface area (Å²) < 4.78 is 24.7. The van der Waals surface area contributed by atoms with Crippen molar-refractivity contribution in [1.29, 1.82) is 0 Å². The summed E-state index contributed by atoms with van der Waals surface area (Å²) in [5.41, 5.74) is 0. The molecule has 0 saturated heterocycles. The van der Waals surface area contributed by atoms with Crippen molar-refractivity contribution in [3.8, 4) is 0 Å². The third kappa shape index (κ3) is 2.98. The summed E-state index contributed by atoms with van der Waals surface area (Å²) in [7, 11) is 0.598. The molecule has 1 aliphatic rings. The van der Waals surface area contributed by atoms with E-state index in [-0.39, 0.29) is 5.92 Å². The second-order valence-electron chi connectivity index (χ2n) is 2.78. The molecule has 0 radical (unpaired) electrons. The molecule has 0 N–H and O–H groups in total. The molecule has 0 heterocycles. The topological polar surface area (TPSA) is 60.4 Å². The van der Waals surface area contributed by atoms with Crippen LogP contribution >= 0.6 is 10.7 Å². The van der Waals surface area contributed by atoms with Crippen LogP contribution in [0.25, 0.3) is 0 Å². The summed E-state index contributed by atoms with van der Waals surface area (Å²) >= 11 is 0. The van der Waals surface area contributed by atoms with Gasteiger partial charge in [0, 0.05) is 0 Å². The summed E-state index contributed by atoms with van der Waals surface area (Å²) in [6.07, 6.45) is 3.29. The van der Waals surface area contributed by atoms with Gasteiger partial charge in [-0.3, -0.25) is 4.79 Å². The zero-order valence-electron chi connectivity index (χ0n) is 6.32. The summed E-state index contributed by atoms with van der Waals surface area (Å²) in [6.45, 7) is 0. The van der Waals surface area contributed by atoms with Gasteiger partial charge in [0.05, 0.1) is 16.6 Å². The van der Waals surface area contributed by atoms with Gasteiger partial charge < -0.3 is 4.18 Å². The summed E-state index contributed by atoms with van der Waals surface area (Å²) in [6, 6.07) is 0. The molecule has 1 aliphatic carbocycles. The minimum Gasteiger partial charge on any atom is -0.334 e. The van der Waals surface area contributed by atoms with Crippen molar-refractivity contribution in [2.45, 2.75) is 25.7 Å². The van der Waals surface area contributed by atoms with Crippen LogP contribution in [0, 0.1) is 5.92 Å². The highest BCUT2D eigenvalue weighted by atomic mass is 35.7. The van der Waals surface area contributed by atoms with Crippen molar-refractivity contribution in [2.24, 2.45) is 5.92 Å². The SMILES string of the molecule is O=C(OS(=O)(=O)Cl)C1CCCC1. The van der Waals surface area contributed by atoms with Gasteiger partial charge >= 0.3 is 15.3 Å². The first kappa shape index (κ1) is 9.80. The van der Waals surface area contributed by atoms with E-state index in [1.807, 2.05) is 0 Å². The molecule has 4 nitrogen and oxygen atoms in total. The summed E-state index contributed by atoms with van der Waals surface area (Å²) in [5.74, 6) is -0.999. The predicted molar refractivity (Wildman–Crippen MR) is 42.8 cm³/mol. The van der Waals surface area contributed by atoms with Gasteiger partial charge in [0.15, 0.2) is 0 Å². The first-order valence-corrected chi connectivity index (χ1v) is 5.90. The molecule has 0 aromatic heterocycles. The molecule has 0 aliphatic heterocycles. The van der Waals surface area contributed by atoms with Crippen LogP contribution in [-0.2, 0) is 18.3 Å². The number of halogens is 1. The van der Waals surface area contributed by atoms with Crippen LogP contribution < -0.4 is 0 Å². The minimum atomic E-state index is -4.14. The van der Waals surface area contributed by atoms with E-state index in [0.717, 1.165) is 12.8 Å². The fourth-order valence-corrected chi connectivity index (χ4v) is 1.85. The third-order valence-electron chi connectivity index (χ3n) is 1.87. The maximum Gasteiger partial charge on any atom is 0.403 e. The standard InChI is InChI=1S/C6H9ClO4S/c7-12(9,10)11-6(8)5-3-1-2-4-5/h5H,1-4H2. The molecule has 0 aromatic carbocycles. The number of hydrogen-bond acceptors (Lipinski definition) is 4. The molecule has 6 heteroatoms. The highest BCUT2D eigenvalue weighted by Crippen LogP contribution is 2.26. The van der Waals surface area contributed by atoms with E-state index in [0.29, 0.717) is 12.8 Å². The van der Waals surface area contributed by atoms with E-state index in [1.54, 1.807) is 0 Å². The fourth-order valence-electron chi connectivity index (χ4n) is 1.33. The summed E-state index contributed by atoms with van der Waals surface area (Å²) in [5, 5.41) is 0. The Morgan fingerprint density at radius 1 is 1.33 bits per heavy atom. The Morgan fingerprint density at radius 3 is 2.25 bits per heavy atom. The Labute approximate surface area is 75.5 Å². The molecule has 0 amide bonds. The van der Waals surface area contributed by atoms with E-state index in [1.165, 1.54) is 0 Å². The largest absolute Gasteiger partial charge is 0.403 e. The Kier molecular flexibility index (Phi) is 2.95. The van der Waals surface area contributed by atoms with Gasteiger partial charge in [0.2, 0.25) is 0 Å². The maximum atomic E-state index is 11.0. The number of hydrogen-bond donors (Lipinski definition) is 0. The zero-order valence-corrected chi connectivity index (χ0v) is 7.90. The molecule has 0 aromatic rings. The first-order chi connectivity index (χ1) is 5.49. The highest BCUT2D eigenvalue weighted by molar-refractivity contribution is 8.10. The lowest BCUT2D eigenvalue weighted by atomic mass is 10.1. The van der Waals surface area contributed by atoms with Crippen molar-refractivity contribution >= 4 is 26.0 Å². The first-order valence-electron chi connectivity index (χ1n) is 3.67. The van der Waals surface area contributed by atoms with E-state index in [4.69, 9.17) is 10.7 Å². The Balaban J connectivity index is 2.48. The molecule has 1 saturated carbocycles. The number of carbonyl (C=O) groups is 1. The van der Waals surface area contributed by atoms with Crippen LogP contribution in [0.3, 0.4) is 0 Å². The average molecular weight is 213 g/mol. The van der Waals surface area contributed by atoms with Crippen LogP contribution in [0.1, 0.15) is 25.7 Å². The lowest BCUT2D eigenvalue weighted by Crippen LogP contribution is -2.16. The van der Waals surface area contributed by atoms with Crippen LogP contribution in [0.2, 0.25) is 0 Å². The van der Waals surface area contributed by atoms with Crippen molar-refractivity contribution in [1.82, 2.24) is 0 Å². The number of carbonyl (C=O) groups excluding carboxylic acids is 1. The Bertz CT molecular complexity index is 265. The number of rotatable bonds is 2. The van der Waals surface area contributed by atoms with Gasteiger partial charge in [-0.15, -0.1) is 0 Å². The van der Waals surface area contributed by atoms with Gasteiger partial charge in [-0.2, -0.15) is 8.42 Å². The van der Waals surface area contributed by atoms with Crippen molar-refractivity contribution in [3.05, 3.63) is 0 Å². The molecule has 1 rings (SSSR count). The van der Waals surface area contributed by atoms with Gasteiger partial charge in [0.25, 0.3) is 0 Å². The van der Waals surface area contributed by atoms with Crippen LogP contribution in [0.4, 0.5) is 0 Å². The molecule has 1 fully saturated rings. The molecule has 12 heavy (non-hydrogen) atoms. The van der Waals surface area contributed by atoms with Crippen molar-refractivity contribution in [2.75, 3.05) is 0 Å². The smallest absolute Gasteiger partial charge is 0.334 e. The van der Waals surface area contributed by atoms with E-state index >= 15 is 0 Å². The van der Waals surface area contributed by atoms with Gasteiger partial charge in [0.1, 0.15) is 0 Å². The van der Waals surface area contributed by atoms with Crippen LogP contribution in [-0.4, -0.2) is 14.4 Å². The third-order valence-corrected chi connectivity index (χ3v) is 2.42. The van der Waals surface area contributed by atoms with E-state index in [9.17, 15) is 13.2 Å². The Hall–Kier alpha value is -0.290. The van der Waals surface area contributed by atoms with Crippen molar-refractivity contribution in [3.63, 3.8) is 0 Å². The molecule has 70 valence electrons. The normalized spacial score (nSPS) is 19.4. The minimum absolute atomic E-state index is 0.279. The quantitative estimate of drug-likeness (QED) is 0.646. The lowest BCUT2D eigenvalue weighted by molar-refractivity contribution is -0.137. The van der Waals surface area contributed by atoms with Crippen LogP contribution in [0.5, 0.6) is 0 Å². The lowest BCUT2D eigenvalue weighted by Gasteiger charge is -2.04. The molecular formula is C6H9ClO4S. The summed E-state index contributed by atoms with van der Waals surface area (Å²) in [4.78, 5) is 11.0. The molecule has 0 bridgehead atoms. The van der Waals surface area contributed by atoms with Crippen LogP contribution in [0.15, 0.2) is 0 Å².